The van der Waals surface area contributed by atoms with Crippen LogP contribution >= 0.6 is 11.3 Å². The van der Waals surface area contributed by atoms with E-state index in [1.165, 1.54) is 61.4 Å². The summed E-state index contributed by atoms with van der Waals surface area (Å²) in [6, 6.07) is 6.34. The fourth-order valence-corrected chi connectivity index (χ4v) is 6.23. The number of thiophene rings is 1. The molecule has 1 amide bonds. The third-order valence-electron chi connectivity index (χ3n) is 7.23. The van der Waals surface area contributed by atoms with Gasteiger partial charge < -0.3 is 10.5 Å². The van der Waals surface area contributed by atoms with E-state index in [2.05, 4.69) is 53.5 Å². The van der Waals surface area contributed by atoms with Crippen molar-refractivity contribution in [3.63, 3.8) is 0 Å². The number of hydrogen-bond donors (Lipinski definition) is 1. The average Bonchev–Trinajstić information content (AvgIpc) is 3.29. The molecule has 0 spiro atoms. The second-order valence-electron chi connectivity index (χ2n) is 10.8. The second kappa shape index (κ2) is 13.3. The monoisotopic (exact) mass is 486 g/mol. The normalized spacial score (nSPS) is 22.1. The summed E-state index contributed by atoms with van der Waals surface area (Å²) in [5, 5.41) is 0. The van der Waals surface area contributed by atoms with Crippen LogP contribution in [-0.4, -0.2) is 47.6 Å². The minimum Gasteiger partial charge on any atom is -0.381 e. The maximum absolute atomic E-state index is 8.58. The lowest BCUT2D eigenvalue weighted by molar-refractivity contribution is -0.106. The molecule has 0 aromatic carbocycles. The predicted molar refractivity (Wildman–Crippen MR) is 139 cm³/mol. The maximum atomic E-state index is 8.58. The number of piperidine rings is 1. The second-order valence-corrected chi connectivity index (χ2v) is 12.0. The molecule has 2 fully saturated rings. The summed E-state index contributed by atoms with van der Waals surface area (Å²) in [5.74, 6) is 3.34. The minimum absolute atomic E-state index is 0.250. The van der Waals surface area contributed by atoms with Crippen molar-refractivity contribution in [3.05, 3.63) is 35.5 Å². The Morgan fingerprint density at radius 3 is 2.47 bits per heavy atom. The molecule has 0 bridgehead atoms. The molecular formula is C27H42N4O2S. The summed E-state index contributed by atoms with van der Waals surface area (Å²) < 4.78 is 5.53. The van der Waals surface area contributed by atoms with E-state index in [1.807, 2.05) is 29.8 Å². The average molecular weight is 487 g/mol. The lowest BCUT2D eigenvalue weighted by Crippen LogP contribution is -2.44. The Morgan fingerprint density at radius 1 is 1.12 bits per heavy atom. The zero-order valence-electron chi connectivity index (χ0n) is 21.1. The molecule has 188 valence electrons. The molecule has 6 nitrogen and oxygen atoms in total. The van der Waals surface area contributed by atoms with Gasteiger partial charge in [0, 0.05) is 50.1 Å². The Bertz CT molecular complexity index is 846. The van der Waals surface area contributed by atoms with Gasteiger partial charge in [-0.1, -0.05) is 33.6 Å². The number of aromatic nitrogens is 2. The van der Waals surface area contributed by atoms with Crippen molar-refractivity contribution in [1.29, 1.82) is 0 Å². The maximum Gasteiger partial charge on any atom is 0.204 e. The van der Waals surface area contributed by atoms with Gasteiger partial charge in [0.1, 0.15) is 0 Å². The molecule has 0 aliphatic carbocycles. The molecule has 7 heteroatoms. The smallest absolute Gasteiger partial charge is 0.204 e. The summed E-state index contributed by atoms with van der Waals surface area (Å²) in [4.78, 5) is 22.7. The number of hydrogen-bond acceptors (Lipinski definition) is 6. The molecule has 4 heterocycles. The van der Waals surface area contributed by atoms with Crippen LogP contribution in [0.5, 0.6) is 0 Å². The number of carbonyl (C=O) groups excluding carboxylic acids is 1. The van der Waals surface area contributed by atoms with Crippen LogP contribution in [0.4, 0.5) is 0 Å². The third-order valence-corrected chi connectivity index (χ3v) is 8.30. The van der Waals surface area contributed by atoms with Crippen LogP contribution in [0.3, 0.4) is 0 Å². The Hall–Kier alpha value is -1.83. The van der Waals surface area contributed by atoms with E-state index in [-0.39, 0.29) is 6.41 Å². The Morgan fingerprint density at radius 2 is 1.79 bits per heavy atom. The Labute approximate surface area is 209 Å². The van der Waals surface area contributed by atoms with Crippen molar-refractivity contribution in [1.82, 2.24) is 14.9 Å². The summed E-state index contributed by atoms with van der Waals surface area (Å²) in [5.41, 5.74) is 4.54. The number of amides is 1. The summed E-state index contributed by atoms with van der Waals surface area (Å²) in [6.07, 6.45) is 12.0. The number of rotatable bonds is 7. The van der Waals surface area contributed by atoms with Crippen molar-refractivity contribution in [2.45, 2.75) is 65.8 Å². The molecule has 2 aromatic rings. The Balaban J connectivity index is 0.00000103. The molecule has 0 radical (unpaired) electrons. The summed E-state index contributed by atoms with van der Waals surface area (Å²) in [7, 11) is 0. The lowest BCUT2D eigenvalue weighted by atomic mass is 9.72. The number of likely N-dealkylation sites (tertiary alicyclic amines) is 1. The van der Waals surface area contributed by atoms with Gasteiger partial charge in [-0.25, -0.2) is 9.97 Å². The highest BCUT2D eigenvalue weighted by Gasteiger charge is 2.34. The number of nitrogens with zero attached hydrogens (tertiary/aromatic N) is 3. The fourth-order valence-electron chi connectivity index (χ4n) is 5.23. The van der Waals surface area contributed by atoms with Crippen LogP contribution in [0.15, 0.2) is 30.6 Å². The predicted octanol–water partition coefficient (Wildman–Crippen LogP) is 5.39. The molecule has 4 rings (SSSR count). The van der Waals surface area contributed by atoms with Crippen molar-refractivity contribution in [3.8, 4) is 10.7 Å². The van der Waals surface area contributed by atoms with Gasteiger partial charge in [0.15, 0.2) is 5.82 Å². The first kappa shape index (κ1) is 26.8. The molecule has 2 unspecified atom stereocenters. The van der Waals surface area contributed by atoms with E-state index in [0.717, 1.165) is 43.3 Å². The largest absolute Gasteiger partial charge is 0.381 e. The zero-order valence-corrected chi connectivity index (χ0v) is 21.9. The quantitative estimate of drug-likeness (QED) is 0.531. The van der Waals surface area contributed by atoms with E-state index >= 15 is 0 Å². The van der Waals surface area contributed by atoms with Crippen LogP contribution in [0.2, 0.25) is 0 Å². The first-order valence-corrected chi connectivity index (χ1v) is 13.5. The van der Waals surface area contributed by atoms with Crippen molar-refractivity contribution in [2.24, 2.45) is 28.9 Å². The number of primary amides is 1. The van der Waals surface area contributed by atoms with Gasteiger partial charge in [-0.2, -0.15) is 0 Å². The topological polar surface area (TPSA) is 81.3 Å². The van der Waals surface area contributed by atoms with Gasteiger partial charge in [-0.15, -0.1) is 11.3 Å². The summed E-state index contributed by atoms with van der Waals surface area (Å²) in [6.45, 7) is 12.8. The molecular weight excluding hydrogens is 444 g/mol. The van der Waals surface area contributed by atoms with Crippen LogP contribution in [0.25, 0.3) is 10.7 Å². The van der Waals surface area contributed by atoms with Crippen LogP contribution in [-0.2, 0) is 16.1 Å². The third kappa shape index (κ3) is 8.43. The van der Waals surface area contributed by atoms with Gasteiger partial charge in [0.25, 0.3) is 0 Å². The van der Waals surface area contributed by atoms with E-state index in [1.54, 1.807) is 0 Å². The van der Waals surface area contributed by atoms with E-state index < -0.39 is 0 Å². The number of carbonyl (C=O) groups is 1. The van der Waals surface area contributed by atoms with Crippen LogP contribution in [0.1, 0.15) is 64.2 Å². The van der Waals surface area contributed by atoms with Crippen molar-refractivity contribution in [2.75, 3.05) is 26.3 Å². The molecule has 2 aliphatic rings. The lowest BCUT2D eigenvalue weighted by Gasteiger charge is -2.43. The van der Waals surface area contributed by atoms with Gasteiger partial charge >= 0.3 is 0 Å². The molecule has 2 atom stereocenters. The van der Waals surface area contributed by atoms with Gasteiger partial charge in [0.2, 0.25) is 6.41 Å². The van der Waals surface area contributed by atoms with Gasteiger partial charge in [-0.05, 0) is 67.1 Å². The van der Waals surface area contributed by atoms with Crippen molar-refractivity contribution < 1.29 is 9.53 Å². The number of nitrogens with two attached hydrogens (primary N) is 1. The van der Waals surface area contributed by atoms with E-state index in [0.29, 0.717) is 5.41 Å². The highest BCUT2D eigenvalue weighted by atomic mass is 32.1. The molecule has 2 aliphatic heterocycles. The molecule has 2 saturated heterocycles. The highest BCUT2D eigenvalue weighted by molar-refractivity contribution is 7.15. The zero-order chi connectivity index (χ0) is 24.4. The minimum atomic E-state index is 0.250. The highest BCUT2D eigenvalue weighted by Crippen LogP contribution is 2.38. The fraction of sp³-hybridized carbons (Fsp3) is 0.667. The standard InChI is InChI=1S/C26H39N3OS.CH3NO/c1-26(2,3)22-16-21(7-4-6-20-10-14-30-15-11-20)17-29(18-22)19-23-8-9-24(31-23)25-27-12-5-13-28-25;2-1-3/h5,8-9,12-13,20-22H,4,6-7,10-11,14-19H2,1-3H3;1H,(H2,2,3). The van der Waals surface area contributed by atoms with Crippen LogP contribution < -0.4 is 5.73 Å². The van der Waals surface area contributed by atoms with Gasteiger partial charge in [0.05, 0.1) is 4.88 Å². The molecule has 34 heavy (non-hydrogen) atoms. The van der Waals surface area contributed by atoms with E-state index in [4.69, 9.17) is 9.53 Å². The first-order chi connectivity index (χ1) is 16.4. The van der Waals surface area contributed by atoms with Crippen LogP contribution in [0, 0.1) is 23.2 Å². The number of ether oxygens (including phenoxy) is 1. The van der Waals surface area contributed by atoms with E-state index in [9.17, 15) is 0 Å². The Kier molecular flexibility index (Phi) is 10.5. The van der Waals surface area contributed by atoms with Crippen molar-refractivity contribution >= 4 is 17.7 Å². The summed E-state index contributed by atoms with van der Waals surface area (Å²) >= 11 is 1.85. The first-order valence-electron chi connectivity index (χ1n) is 12.7. The molecule has 2 aromatic heterocycles. The van der Waals surface area contributed by atoms with Gasteiger partial charge in [-0.3, -0.25) is 9.69 Å². The SMILES string of the molecule is CC(C)(C)C1CC(CCCC2CCOCC2)CN(Cc2ccc(-c3ncccn3)s2)C1.NC=O. The molecule has 2 N–H and O–H groups in total. The molecule has 0 saturated carbocycles.